The predicted molar refractivity (Wildman–Crippen MR) is 68.8 cm³/mol. The van der Waals surface area contributed by atoms with Gasteiger partial charge >= 0.3 is 0 Å². The normalized spacial score (nSPS) is 21.4. The van der Waals surface area contributed by atoms with Crippen molar-refractivity contribution in [3.8, 4) is 0 Å². The smallest absolute Gasteiger partial charge is 0.150 e. The summed E-state index contributed by atoms with van der Waals surface area (Å²) in [6.45, 7) is 2.51. The molecule has 0 bridgehead atoms. The van der Waals surface area contributed by atoms with Crippen LogP contribution in [0.15, 0.2) is 0 Å². The monoisotopic (exact) mass is 261 g/mol. The molecule has 4 nitrogen and oxygen atoms in total. The van der Waals surface area contributed by atoms with Crippen molar-refractivity contribution in [2.75, 3.05) is 18.1 Å². The van der Waals surface area contributed by atoms with E-state index in [-0.39, 0.29) is 17.3 Å². The first kappa shape index (κ1) is 14.6. The molecule has 100 valence electrons. The summed E-state index contributed by atoms with van der Waals surface area (Å²) in [5, 5.41) is 3.35. The van der Waals surface area contributed by atoms with Crippen molar-refractivity contribution in [1.29, 1.82) is 0 Å². The van der Waals surface area contributed by atoms with Crippen LogP contribution < -0.4 is 5.32 Å². The first-order chi connectivity index (χ1) is 7.99. The summed E-state index contributed by atoms with van der Waals surface area (Å²) < 4.78 is 23.4. The number of carbonyl (C=O) groups excluding carboxylic acids is 1. The van der Waals surface area contributed by atoms with Crippen LogP contribution in [0.4, 0.5) is 0 Å². The van der Waals surface area contributed by atoms with Crippen LogP contribution in [-0.2, 0) is 14.6 Å². The Morgan fingerprint density at radius 2 is 2.06 bits per heavy atom. The molecule has 0 aromatic heterocycles. The van der Waals surface area contributed by atoms with Crippen molar-refractivity contribution >= 4 is 15.6 Å². The lowest BCUT2D eigenvalue weighted by molar-refractivity contribution is -0.117. The third-order valence-electron chi connectivity index (χ3n) is 3.17. The summed E-state index contributed by atoms with van der Waals surface area (Å²) in [5.41, 5.74) is 0. The van der Waals surface area contributed by atoms with Crippen molar-refractivity contribution in [3.63, 3.8) is 0 Å². The molecule has 0 aromatic rings. The molecule has 1 N–H and O–H groups in total. The van der Waals surface area contributed by atoms with E-state index in [1.807, 2.05) is 0 Å². The Labute approximate surface area is 104 Å². The van der Waals surface area contributed by atoms with Crippen LogP contribution in [0, 0.1) is 0 Å². The number of ketones is 1. The standard InChI is InChI=1S/C12H23NO3S/c1-11(14)5-4-9-17(15,16)10-7-12-6-2-3-8-13-12/h12-13H,2-10H2,1H3/t12-/m0/s1. The van der Waals surface area contributed by atoms with E-state index >= 15 is 0 Å². The topological polar surface area (TPSA) is 63.2 Å². The quantitative estimate of drug-likeness (QED) is 0.750. The third kappa shape index (κ3) is 6.78. The van der Waals surface area contributed by atoms with E-state index in [9.17, 15) is 13.2 Å². The van der Waals surface area contributed by atoms with Crippen LogP contribution >= 0.6 is 0 Å². The number of piperidine rings is 1. The van der Waals surface area contributed by atoms with Gasteiger partial charge in [-0.2, -0.15) is 0 Å². The van der Waals surface area contributed by atoms with Crippen LogP contribution in [-0.4, -0.2) is 38.3 Å². The largest absolute Gasteiger partial charge is 0.314 e. The van der Waals surface area contributed by atoms with Crippen molar-refractivity contribution in [3.05, 3.63) is 0 Å². The Balaban J connectivity index is 2.21. The molecule has 5 heteroatoms. The Hall–Kier alpha value is -0.420. The maximum absolute atomic E-state index is 11.7. The maximum Gasteiger partial charge on any atom is 0.150 e. The van der Waals surface area contributed by atoms with Gasteiger partial charge in [0.25, 0.3) is 0 Å². The van der Waals surface area contributed by atoms with Crippen LogP contribution in [0.25, 0.3) is 0 Å². The summed E-state index contributed by atoms with van der Waals surface area (Å²) in [6.07, 6.45) is 5.03. The summed E-state index contributed by atoms with van der Waals surface area (Å²) in [4.78, 5) is 10.7. The van der Waals surface area contributed by atoms with Gasteiger partial charge in [0.15, 0.2) is 0 Å². The lowest BCUT2D eigenvalue weighted by Crippen LogP contribution is -2.35. The highest BCUT2D eigenvalue weighted by atomic mass is 32.2. The molecule has 0 unspecified atom stereocenters. The van der Waals surface area contributed by atoms with Gasteiger partial charge in [0.2, 0.25) is 0 Å². The van der Waals surface area contributed by atoms with E-state index in [1.165, 1.54) is 19.8 Å². The van der Waals surface area contributed by atoms with E-state index in [2.05, 4.69) is 5.32 Å². The molecule has 0 aliphatic carbocycles. The van der Waals surface area contributed by atoms with E-state index in [0.29, 0.717) is 25.3 Å². The molecule has 1 fully saturated rings. The number of Topliss-reactive ketones (excluding diaryl/α,β-unsaturated/α-hetero) is 1. The molecule has 0 aromatic carbocycles. The number of hydrogen-bond donors (Lipinski definition) is 1. The number of rotatable bonds is 7. The SMILES string of the molecule is CC(=O)CCCS(=O)(=O)CC[C@@H]1CCCCN1. The van der Waals surface area contributed by atoms with Gasteiger partial charge in [-0.3, -0.25) is 0 Å². The summed E-state index contributed by atoms with van der Waals surface area (Å²) in [6, 6.07) is 0.367. The van der Waals surface area contributed by atoms with E-state index < -0.39 is 9.84 Å². The van der Waals surface area contributed by atoms with Gasteiger partial charge in [-0.15, -0.1) is 0 Å². The van der Waals surface area contributed by atoms with Crippen LogP contribution in [0.5, 0.6) is 0 Å². The molecule has 1 aliphatic heterocycles. The van der Waals surface area contributed by atoms with Crippen LogP contribution in [0.3, 0.4) is 0 Å². The van der Waals surface area contributed by atoms with Crippen molar-refractivity contribution in [2.45, 2.75) is 51.5 Å². The Morgan fingerprint density at radius 1 is 1.29 bits per heavy atom. The lowest BCUT2D eigenvalue weighted by Gasteiger charge is -2.23. The Morgan fingerprint density at radius 3 is 2.65 bits per heavy atom. The average molecular weight is 261 g/mol. The number of carbonyl (C=O) groups is 1. The van der Waals surface area contributed by atoms with Crippen LogP contribution in [0.1, 0.15) is 45.4 Å². The second-order valence-corrected chi connectivity index (χ2v) is 7.20. The lowest BCUT2D eigenvalue weighted by atomic mass is 10.0. The van der Waals surface area contributed by atoms with Crippen molar-refractivity contribution in [1.82, 2.24) is 5.32 Å². The van der Waals surface area contributed by atoms with Gasteiger partial charge < -0.3 is 10.1 Å². The van der Waals surface area contributed by atoms with E-state index in [0.717, 1.165) is 13.0 Å². The Kier molecular flexibility index (Phi) is 6.12. The maximum atomic E-state index is 11.7. The molecule has 17 heavy (non-hydrogen) atoms. The number of hydrogen-bond acceptors (Lipinski definition) is 4. The predicted octanol–water partition coefficient (Wildman–Crippen LogP) is 1.30. The molecule has 0 radical (unpaired) electrons. The van der Waals surface area contributed by atoms with Gasteiger partial charge in [0, 0.05) is 12.5 Å². The molecule has 0 spiro atoms. The zero-order valence-electron chi connectivity index (χ0n) is 10.6. The molecule has 1 heterocycles. The minimum Gasteiger partial charge on any atom is -0.314 e. The Bertz CT molecular complexity index is 332. The van der Waals surface area contributed by atoms with Gasteiger partial charge in [-0.1, -0.05) is 6.42 Å². The van der Waals surface area contributed by atoms with Crippen molar-refractivity contribution in [2.24, 2.45) is 0 Å². The molecule has 1 aliphatic rings. The molecule has 1 saturated heterocycles. The minimum atomic E-state index is -2.97. The first-order valence-corrected chi connectivity index (χ1v) is 8.25. The summed E-state index contributed by atoms with van der Waals surface area (Å²) in [7, 11) is -2.97. The summed E-state index contributed by atoms with van der Waals surface area (Å²) >= 11 is 0. The fraction of sp³-hybridized carbons (Fsp3) is 0.917. The van der Waals surface area contributed by atoms with E-state index in [4.69, 9.17) is 0 Å². The number of sulfone groups is 1. The average Bonchev–Trinajstić information content (AvgIpc) is 2.27. The highest BCUT2D eigenvalue weighted by Crippen LogP contribution is 2.11. The second-order valence-electron chi connectivity index (χ2n) is 4.89. The molecular formula is C12H23NO3S. The van der Waals surface area contributed by atoms with E-state index in [1.54, 1.807) is 0 Å². The highest BCUT2D eigenvalue weighted by molar-refractivity contribution is 7.91. The third-order valence-corrected chi connectivity index (χ3v) is 4.94. The van der Waals surface area contributed by atoms with Crippen LogP contribution in [0.2, 0.25) is 0 Å². The summed E-state index contributed by atoms with van der Waals surface area (Å²) in [5.74, 6) is 0.469. The molecule has 0 amide bonds. The van der Waals surface area contributed by atoms with Gasteiger partial charge in [0.1, 0.15) is 15.6 Å². The zero-order valence-corrected chi connectivity index (χ0v) is 11.4. The van der Waals surface area contributed by atoms with Crippen molar-refractivity contribution < 1.29 is 13.2 Å². The number of nitrogens with one attached hydrogen (secondary N) is 1. The highest BCUT2D eigenvalue weighted by Gasteiger charge is 2.17. The van der Waals surface area contributed by atoms with Gasteiger partial charge in [0.05, 0.1) is 11.5 Å². The fourth-order valence-electron chi connectivity index (χ4n) is 2.14. The molecule has 1 atom stereocenters. The molecular weight excluding hydrogens is 238 g/mol. The molecule has 1 rings (SSSR count). The zero-order chi connectivity index (χ0) is 12.7. The minimum absolute atomic E-state index is 0.0640. The molecule has 0 saturated carbocycles. The fourth-order valence-corrected chi connectivity index (χ4v) is 3.57. The van der Waals surface area contributed by atoms with Gasteiger partial charge in [-0.05, 0) is 39.2 Å². The van der Waals surface area contributed by atoms with Gasteiger partial charge in [-0.25, -0.2) is 8.42 Å². The first-order valence-electron chi connectivity index (χ1n) is 6.43. The second kappa shape index (κ2) is 7.11.